The Hall–Kier alpha value is -2.12. The summed E-state index contributed by atoms with van der Waals surface area (Å²) in [6.45, 7) is 3.44. The standard InChI is InChI=1S/C16H16ClN3O3S/c1-10-7-12-8-14(4-5-15(12)20(10)11(2)21)24(22,23)19-16-6-3-13(17)9-18-16/h3-6,8-10H,7H2,1-2H3,(H,18,19). The van der Waals surface area contributed by atoms with Gasteiger partial charge in [-0.05, 0) is 49.2 Å². The topological polar surface area (TPSA) is 79.4 Å². The number of halogens is 1. The monoisotopic (exact) mass is 365 g/mol. The van der Waals surface area contributed by atoms with Crippen LogP contribution in [0.5, 0.6) is 0 Å². The molecule has 1 amide bonds. The lowest BCUT2D eigenvalue weighted by Crippen LogP contribution is -2.33. The molecule has 6 nitrogen and oxygen atoms in total. The summed E-state index contributed by atoms with van der Waals surface area (Å²) in [4.78, 5) is 17.5. The van der Waals surface area contributed by atoms with E-state index in [1.165, 1.54) is 25.3 Å². The minimum Gasteiger partial charge on any atom is -0.309 e. The van der Waals surface area contributed by atoms with E-state index in [2.05, 4.69) is 9.71 Å². The average Bonchev–Trinajstić information content (AvgIpc) is 2.84. The van der Waals surface area contributed by atoms with Crippen LogP contribution in [-0.2, 0) is 21.2 Å². The van der Waals surface area contributed by atoms with Crippen molar-refractivity contribution in [2.75, 3.05) is 9.62 Å². The van der Waals surface area contributed by atoms with E-state index >= 15 is 0 Å². The maximum absolute atomic E-state index is 12.5. The SMILES string of the molecule is CC(=O)N1c2ccc(S(=O)(=O)Nc3ccc(Cl)cn3)cc2CC1C. The fourth-order valence-corrected chi connectivity index (χ4v) is 4.06. The summed E-state index contributed by atoms with van der Waals surface area (Å²) in [7, 11) is -3.76. The van der Waals surface area contributed by atoms with E-state index in [1.54, 1.807) is 23.1 Å². The van der Waals surface area contributed by atoms with Gasteiger partial charge in [-0.25, -0.2) is 13.4 Å². The first-order valence-corrected chi connectivity index (χ1v) is 9.21. The number of carbonyl (C=O) groups is 1. The number of rotatable bonds is 3. The lowest BCUT2D eigenvalue weighted by atomic mass is 10.1. The van der Waals surface area contributed by atoms with Crippen molar-refractivity contribution in [3.8, 4) is 0 Å². The molecule has 0 spiro atoms. The summed E-state index contributed by atoms with van der Waals surface area (Å²) in [5, 5.41) is 0.425. The second-order valence-corrected chi connectivity index (χ2v) is 7.82. The van der Waals surface area contributed by atoms with Crippen LogP contribution < -0.4 is 9.62 Å². The number of sulfonamides is 1. The van der Waals surface area contributed by atoms with E-state index in [1.807, 2.05) is 6.92 Å². The number of nitrogens with one attached hydrogen (secondary N) is 1. The first-order valence-electron chi connectivity index (χ1n) is 7.35. The predicted molar refractivity (Wildman–Crippen MR) is 92.8 cm³/mol. The number of fused-ring (bicyclic) bond motifs is 1. The van der Waals surface area contributed by atoms with Crippen LogP contribution >= 0.6 is 11.6 Å². The van der Waals surface area contributed by atoms with E-state index < -0.39 is 10.0 Å². The molecule has 0 saturated carbocycles. The van der Waals surface area contributed by atoms with Gasteiger partial charge in [0.2, 0.25) is 5.91 Å². The summed E-state index contributed by atoms with van der Waals surface area (Å²) in [6.07, 6.45) is 1.99. The lowest BCUT2D eigenvalue weighted by Gasteiger charge is -2.20. The number of hydrogen-bond acceptors (Lipinski definition) is 4. The second-order valence-electron chi connectivity index (χ2n) is 5.70. The van der Waals surface area contributed by atoms with Gasteiger partial charge in [0.05, 0.1) is 9.92 Å². The van der Waals surface area contributed by atoms with Crippen molar-refractivity contribution in [2.24, 2.45) is 0 Å². The molecule has 1 aliphatic rings. The predicted octanol–water partition coefficient (Wildman–Crippen LogP) is 2.83. The molecule has 24 heavy (non-hydrogen) atoms. The highest BCUT2D eigenvalue weighted by Gasteiger charge is 2.30. The molecule has 2 aromatic rings. The molecular weight excluding hydrogens is 350 g/mol. The van der Waals surface area contributed by atoms with Crippen LogP contribution in [0.3, 0.4) is 0 Å². The van der Waals surface area contributed by atoms with Crippen molar-refractivity contribution in [3.05, 3.63) is 47.1 Å². The first kappa shape index (κ1) is 16.7. The largest absolute Gasteiger partial charge is 0.309 e. The number of aromatic nitrogens is 1. The molecule has 8 heteroatoms. The molecule has 0 radical (unpaired) electrons. The Balaban J connectivity index is 1.92. The molecule has 1 atom stereocenters. The Kier molecular flexibility index (Phi) is 4.23. The third kappa shape index (κ3) is 3.09. The van der Waals surface area contributed by atoms with Gasteiger partial charge in [0.15, 0.2) is 0 Å². The Morgan fingerprint density at radius 1 is 1.33 bits per heavy atom. The van der Waals surface area contributed by atoms with Gasteiger partial charge < -0.3 is 4.90 Å². The smallest absolute Gasteiger partial charge is 0.263 e. The quantitative estimate of drug-likeness (QED) is 0.907. The lowest BCUT2D eigenvalue weighted by molar-refractivity contribution is -0.116. The minimum absolute atomic E-state index is 0.0151. The van der Waals surface area contributed by atoms with Gasteiger partial charge >= 0.3 is 0 Å². The zero-order valence-electron chi connectivity index (χ0n) is 13.2. The summed E-state index contributed by atoms with van der Waals surface area (Å²) in [5.41, 5.74) is 1.60. The molecule has 3 rings (SSSR count). The Bertz CT molecular complexity index is 897. The van der Waals surface area contributed by atoms with Gasteiger partial charge in [-0.1, -0.05) is 11.6 Å². The zero-order valence-corrected chi connectivity index (χ0v) is 14.7. The van der Waals surface area contributed by atoms with Gasteiger partial charge in [0.25, 0.3) is 10.0 Å². The molecule has 1 unspecified atom stereocenters. The molecule has 0 bridgehead atoms. The van der Waals surface area contributed by atoms with Crippen molar-refractivity contribution in [1.82, 2.24) is 4.98 Å². The van der Waals surface area contributed by atoms with E-state index in [-0.39, 0.29) is 22.7 Å². The van der Waals surface area contributed by atoms with Crippen molar-refractivity contribution in [1.29, 1.82) is 0 Å². The maximum atomic E-state index is 12.5. The van der Waals surface area contributed by atoms with Crippen LogP contribution in [0.2, 0.25) is 5.02 Å². The van der Waals surface area contributed by atoms with E-state index in [0.717, 1.165) is 11.3 Å². The van der Waals surface area contributed by atoms with Crippen molar-refractivity contribution >= 4 is 39.0 Å². The Morgan fingerprint density at radius 3 is 2.71 bits per heavy atom. The van der Waals surface area contributed by atoms with Gasteiger partial charge in [-0.2, -0.15) is 0 Å². The van der Waals surface area contributed by atoms with Crippen LogP contribution in [0, 0.1) is 0 Å². The summed E-state index contributed by atoms with van der Waals surface area (Å²) >= 11 is 5.74. The van der Waals surface area contributed by atoms with Crippen molar-refractivity contribution in [3.63, 3.8) is 0 Å². The highest BCUT2D eigenvalue weighted by Crippen LogP contribution is 2.34. The van der Waals surface area contributed by atoms with E-state index in [4.69, 9.17) is 11.6 Å². The molecule has 0 aliphatic carbocycles. The molecule has 1 aliphatic heterocycles. The van der Waals surface area contributed by atoms with Gasteiger partial charge in [-0.3, -0.25) is 9.52 Å². The highest BCUT2D eigenvalue weighted by atomic mass is 35.5. The summed E-state index contributed by atoms with van der Waals surface area (Å²) in [6, 6.07) is 7.83. The molecule has 1 aromatic carbocycles. The van der Waals surface area contributed by atoms with Crippen LogP contribution in [0.15, 0.2) is 41.4 Å². The van der Waals surface area contributed by atoms with E-state index in [0.29, 0.717) is 11.4 Å². The summed E-state index contributed by atoms with van der Waals surface area (Å²) < 4.78 is 27.5. The number of benzene rings is 1. The highest BCUT2D eigenvalue weighted by molar-refractivity contribution is 7.92. The molecule has 2 heterocycles. The van der Waals surface area contributed by atoms with Crippen LogP contribution in [0.1, 0.15) is 19.4 Å². The fraction of sp³-hybridized carbons (Fsp3) is 0.250. The number of nitrogens with zero attached hydrogens (tertiary/aromatic N) is 2. The van der Waals surface area contributed by atoms with Crippen molar-refractivity contribution in [2.45, 2.75) is 31.2 Å². The number of amides is 1. The third-order valence-corrected chi connectivity index (χ3v) is 5.46. The molecule has 1 N–H and O–H groups in total. The molecule has 0 fully saturated rings. The Morgan fingerprint density at radius 2 is 2.08 bits per heavy atom. The molecule has 0 saturated heterocycles. The maximum Gasteiger partial charge on any atom is 0.263 e. The van der Waals surface area contributed by atoms with Crippen LogP contribution in [0.4, 0.5) is 11.5 Å². The van der Waals surface area contributed by atoms with Gasteiger partial charge in [-0.15, -0.1) is 0 Å². The average molecular weight is 366 g/mol. The molecule has 126 valence electrons. The van der Waals surface area contributed by atoms with Gasteiger partial charge in [0, 0.05) is 24.8 Å². The van der Waals surface area contributed by atoms with Crippen molar-refractivity contribution < 1.29 is 13.2 Å². The molecule has 1 aromatic heterocycles. The molecular formula is C16H16ClN3O3S. The fourth-order valence-electron chi connectivity index (χ4n) is 2.89. The number of pyridine rings is 1. The minimum atomic E-state index is -3.76. The third-order valence-electron chi connectivity index (χ3n) is 3.88. The normalized spacial score (nSPS) is 16.8. The number of anilines is 2. The summed E-state index contributed by atoms with van der Waals surface area (Å²) in [5.74, 6) is 0.138. The zero-order chi connectivity index (χ0) is 17.5. The first-order chi connectivity index (χ1) is 11.3. The van der Waals surface area contributed by atoms with Crippen LogP contribution in [-0.4, -0.2) is 25.4 Å². The van der Waals surface area contributed by atoms with Crippen LogP contribution in [0.25, 0.3) is 0 Å². The number of carbonyl (C=O) groups excluding carboxylic acids is 1. The van der Waals surface area contributed by atoms with E-state index in [9.17, 15) is 13.2 Å². The second kappa shape index (κ2) is 6.07. The number of hydrogen-bond donors (Lipinski definition) is 1. The van der Waals surface area contributed by atoms with Gasteiger partial charge in [0.1, 0.15) is 5.82 Å². The Labute approximate surface area is 145 Å².